The average molecular weight is 313 g/mol. The minimum Gasteiger partial charge on any atom is -0.342 e. The van der Waals surface area contributed by atoms with E-state index in [0.29, 0.717) is 18.2 Å². The molecule has 118 valence electrons. The van der Waals surface area contributed by atoms with Gasteiger partial charge < -0.3 is 9.47 Å². The van der Waals surface area contributed by atoms with Gasteiger partial charge in [0.15, 0.2) is 0 Å². The number of amides is 1. The monoisotopic (exact) mass is 313 g/mol. The minimum atomic E-state index is -3.79. The number of aromatic nitrogens is 1. The molecule has 1 aromatic rings. The van der Waals surface area contributed by atoms with Crippen molar-refractivity contribution in [3.05, 3.63) is 18.0 Å². The smallest absolute Gasteiger partial charge is 0.270 e. The van der Waals surface area contributed by atoms with Gasteiger partial charge in [-0.1, -0.05) is 20.3 Å². The molecule has 0 aromatic carbocycles. The number of sulfonamides is 1. The van der Waals surface area contributed by atoms with Crippen LogP contribution in [0, 0.1) is 5.92 Å². The molecule has 2 rings (SSSR count). The number of nitrogens with two attached hydrogens (primary N) is 1. The molecule has 1 fully saturated rings. The Hall–Kier alpha value is -1.34. The predicted molar refractivity (Wildman–Crippen MR) is 80.4 cm³/mol. The molecule has 1 amide bonds. The number of rotatable bonds is 5. The average Bonchev–Trinajstić information content (AvgIpc) is 3.04. The number of hydrogen-bond donors (Lipinski definition) is 1. The van der Waals surface area contributed by atoms with Gasteiger partial charge in [-0.3, -0.25) is 4.79 Å². The highest BCUT2D eigenvalue weighted by Crippen LogP contribution is 2.23. The zero-order valence-electron chi connectivity index (χ0n) is 12.6. The van der Waals surface area contributed by atoms with Crippen LogP contribution in [0.25, 0.3) is 0 Å². The molecule has 21 heavy (non-hydrogen) atoms. The Morgan fingerprint density at radius 1 is 1.43 bits per heavy atom. The molecule has 1 atom stereocenters. The molecular formula is C14H23N3O3S. The van der Waals surface area contributed by atoms with Crippen LogP contribution in [0.3, 0.4) is 0 Å². The van der Waals surface area contributed by atoms with Crippen LogP contribution >= 0.6 is 0 Å². The van der Waals surface area contributed by atoms with Crippen molar-refractivity contribution in [3.8, 4) is 0 Å². The normalized spacial score (nSPS) is 19.2. The van der Waals surface area contributed by atoms with E-state index in [4.69, 9.17) is 5.14 Å². The van der Waals surface area contributed by atoms with Crippen molar-refractivity contribution in [2.45, 2.75) is 44.6 Å². The molecule has 6 nitrogen and oxygen atoms in total. The van der Waals surface area contributed by atoms with Gasteiger partial charge in [0.25, 0.3) is 5.91 Å². The summed E-state index contributed by atoms with van der Waals surface area (Å²) in [6.45, 7) is 6.18. The summed E-state index contributed by atoms with van der Waals surface area (Å²) in [5.41, 5.74) is 0.414. The Labute approximate surface area is 126 Å². The molecular weight excluding hydrogens is 290 g/mol. The van der Waals surface area contributed by atoms with E-state index in [9.17, 15) is 13.2 Å². The summed E-state index contributed by atoms with van der Waals surface area (Å²) in [5.74, 6) is 0.440. The Morgan fingerprint density at radius 2 is 2.14 bits per heavy atom. The molecule has 1 aliphatic rings. The van der Waals surface area contributed by atoms with E-state index in [-0.39, 0.29) is 10.8 Å². The molecule has 7 heteroatoms. The standard InChI is InChI=1S/C14H23N3O3S/c1-3-6-16-10-12(21(15,19)20)8-13(16)14(18)17-7-5-11(4-2)9-17/h8,10-11H,3-7,9H2,1-2H3,(H2,15,19,20). The molecule has 2 N–H and O–H groups in total. The molecule has 1 aromatic heterocycles. The summed E-state index contributed by atoms with van der Waals surface area (Å²) >= 11 is 0. The van der Waals surface area contributed by atoms with Crippen LogP contribution in [0.5, 0.6) is 0 Å². The van der Waals surface area contributed by atoms with Crippen molar-refractivity contribution in [2.24, 2.45) is 11.1 Å². The highest BCUT2D eigenvalue weighted by atomic mass is 32.2. The minimum absolute atomic E-state index is 0.00513. The number of aryl methyl sites for hydroxylation is 1. The molecule has 2 heterocycles. The fraction of sp³-hybridized carbons (Fsp3) is 0.643. The van der Waals surface area contributed by atoms with Crippen LogP contribution in [0.15, 0.2) is 17.2 Å². The van der Waals surface area contributed by atoms with Gasteiger partial charge in [-0.2, -0.15) is 0 Å². The molecule has 0 spiro atoms. The lowest BCUT2D eigenvalue weighted by Crippen LogP contribution is -2.30. The van der Waals surface area contributed by atoms with Gasteiger partial charge in [-0.05, 0) is 24.8 Å². The molecule has 1 saturated heterocycles. The maximum Gasteiger partial charge on any atom is 0.270 e. The van der Waals surface area contributed by atoms with Crippen LogP contribution < -0.4 is 5.14 Å². The van der Waals surface area contributed by atoms with Crippen LogP contribution in [-0.4, -0.2) is 36.9 Å². The third-order valence-corrected chi connectivity index (χ3v) is 4.91. The zero-order chi connectivity index (χ0) is 15.6. The predicted octanol–water partition coefficient (Wildman–Crippen LogP) is 1.42. The van der Waals surface area contributed by atoms with Gasteiger partial charge in [-0.25, -0.2) is 13.6 Å². The lowest BCUT2D eigenvalue weighted by Gasteiger charge is -2.17. The van der Waals surface area contributed by atoms with Crippen molar-refractivity contribution >= 4 is 15.9 Å². The number of hydrogen-bond acceptors (Lipinski definition) is 3. The Bertz CT molecular complexity index is 621. The van der Waals surface area contributed by atoms with Gasteiger partial charge in [0.05, 0.1) is 0 Å². The fourth-order valence-electron chi connectivity index (χ4n) is 2.76. The van der Waals surface area contributed by atoms with Crippen LogP contribution in [0.1, 0.15) is 43.6 Å². The molecule has 0 aliphatic carbocycles. The van der Waals surface area contributed by atoms with E-state index in [1.54, 1.807) is 4.57 Å². The summed E-state index contributed by atoms with van der Waals surface area (Å²) < 4.78 is 24.7. The Morgan fingerprint density at radius 3 is 2.67 bits per heavy atom. The number of likely N-dealkylation sites (tertiary alicyclic amines) is 1. The van der Waals surface area contributed by atoms with E-state index >= 15 is 0 Å². The van der Waals surface area contributed by atoms with Gasteiger partial charge in [0.2, 0.25) is 10.0 Å². The lowest BCUT2D eigenvalue weighted by atomic mass is 10.1. The van der Waals surface area contributed by atoms with Gasteiger partial charge in [0, 0.05) is 25.8 Å². The van der Waals surface area contributed by atoms with E-state index in [1.165, 1.54) is 12.3 Å². The largest absolute Gasteiger partial charge is 0.342 e. The molecule has 0 radical (unpaired) electrons. The SMILES string of the molecule is CCCn1cc(S(N)(=O)=O)cc1C(=O)N1CCC(CC)C1. The van der Waals surface area contributed by atoms with E-state index in [0.717, 1.165) is 32.4 Å². The third kappa shape index (κ3) is 3.47. The molecule has 1 aliphatic heterocycles. The van der Waals surface area contributed by atoms with Gasteiger partial charge in [-0.15, -0.1) is 0 Å². The second-order valence-corrected chi connectivity index (χ2v) is 7.17. The Balaban J connectivity index is 2.29. The zero-order valence-corrected chi connectivity index (χ0v) is 13.4. The highest BCUT2D eigenvalue weighted by molar-refractivity contribution is 7.89. The number of nitrogens with zero attached hydrogens (tertiary/aromatic N) is 2. The number of carbonyl (C=O) groups excluding carboxylic acids is 1. The van der Waals surface area contributed by atoms with Crippen molar-refractivity contribution in [2.75, 3.05) is 13.1 Å². The topological polar surface area (TPSA) is 85.4 Å². The second-order valence-electron chi connectivity index (χ2n) is 5.61. The second kappa shape index (κ2) is 6.19. The quantitative estimate of drug-likeness (QED) is 0.892. The van der Waals surface area contributed by atoms with Crippen LogP contribution in [-0.2, 0) is 16.6 Å². The van der Waals surface area contributed by atoms with E-state index < -0.39 is 10.0 Å². The van der Waals surface area contributed by atoms with Gasteiger partial charge in [0.1, 0.15) is 10.6 Å². The summed E-state index contributed by atoms with van der Waals surface area (Å²) in [6.07, 6.45) is 4.34. The molecule has 1 unspecified atom stereocenters. The maximum absolute atomic E-state index is 12.6. The highest BCUT2D eigenvalue weighted by Gasteiger charge is 2.28. The first kappa shape index (κ1) is 16.0. The van der Waals surface area contributed by atoms with Crippen LogP contribution in [0.4, 0.5) is 0 Å². The first-order valence-electron chi connectivity index (χ1n) is 7.39. The summed E-state index contributed by atoms with van der Waals surface area (Å²) in [6, 6.07) is 1.40. The van der Waals surface area contributed by atoms with E-state index in [1.807, 2.05) is 11.8 Å². The van der Waals surface area contributed by atoms with Crippen LogP contribution in [0.2, 0.25) is 0 Å². The van der Waals surface area contributed by atoms with Crippen molar-refractivity contribution in [1.29, 1.82) is 0 Å². The number of carbonyl (C=O) groups is 1. The number of primary sulfonamides is 1. The molecule has 0 bridgehead atoms. The van der Waals surface area contributed by atoms with Crippen molar-refractivity contribution in [1.82, 2.24) is 9.47 Å². The fourth-order valence-corrected chi connectivity index (χ4v) is 3.31. The Kier molecular flexibility index (Phi) is 4.73. The van der Waals surface area contributed by atoms with Crippen molar-refractivity contribution in [3.63, 3.8) is 0 Å². The first-order chi connectivity index (χ1) is 9.86. The first-order valence-corrected chi connectivity index (χ1v) is 8.93. The summed E-state index contributed by atoms with van der Waals surface area (Å²) in [5, 5.41) is 5.17. The van der Waals surface area contributed by atoms with Gasteiger partial charge >= 0.3 is 0 Å². The maximum atomic E-state index is 12.6. The van der Waals surface area contributed by atoms with E-state index in [2.05, 4.69) is 6.92 Å². The lowest BCUT2D eigenvalue weighted by molar-refractivity contribution is 0.0776. The third-order valence-electron chi connectivity index (χ3n) is 4.03. The summed E-state index contributed by atoms with van der Waals surface area (Å²) in [7, 11) is -3.79. The van der Waals surface area contributed by atoms with Crippen molar-refractivity contribution < 1.29 is 13.2 Å². The summed E-state index contributed by atoms with van der Waals surface area (Å²) in [4.78, 5) is 14.4. The molecule has 0 saturated carbocycles.